The van der Waals surface area contributed by atoms with Crippen LogP contribution in [-0.2, 0) is 4.79 Å². The topological polar surface area (TPSA) is 92.5 Å². The predicted molar refractivity (Wildman–Crippen MR) is 68.9 cm³/mol. The average molecular weight is 270 g/mol. The molecule has 1 rings (SSSR count). The highest BCUT2D eigenvalue weighted by Gasteiger charge is 2.16. The quantitative estimate of drug-likeness (QED) is 0.445. The van der Waals surface area contributed by atoms with E-state index in [1.807, 2.05) is 0 Å². The summed E-state index contributed by atoms with van der Waals surface area (Å²) in [5.74, 6) is -0.413. The van der Waals surface area contributed by atoms with Crippen LogP contribution in [0.2, 0.25) is 0 Å². The lowest BCUT2D eigenvalue weighted by Crippen LogP contribution is -2.34. The molecule has 0 aliphatic heterocycles. The lowest BCUT2D eigenvalue weighted by Gasteiger charge is -2.10. The Morgan fingerprint density at radius 2 is 2.22 bits per heavy atom. The summed E-state index contributed by atoms with van der Waals surface area (Å²) in [7, 11) is 1.58. The summed E-state index contributed by atoms with van der Waals surface area (Å²) in [4.78, 5) is 21.7. The summed E-state index contributed by atoms with van der Waals surface area (Å²) in [6.07, 6.45) is 0.405. The standard InChI is InChI=1S/C11H14N2O4S/c1-12-8(11(14)15)6-7-18-10-5-3-2-4-9(10)13(16)17/h2-5,8,12H,6-7H2,1H3,(H,14,15). The third-order valence-corrected chi connectivity index (χ3v) is 3.47. The highest BCUT2D eigenvalue weighted by atomic mass is 32.2. The maximum absolute atomic E-state index is 10.8. The molecule has 0 radical (unpaired) electrons. The number of carbonyl (C=O) groups is 1. The normalized spacial score (nSPS) is 12.1. The van der Waals surface area contributed by atoms with Gasteiger partial charge in [0.25, 0.3) is 5.69 Å². The molecular formula is C11H14N2O4S. The second kappa shape index (κ2) is 6.97. The van der Waals surface area contributed by atoms with Gasteiger partial charge in [-0.15, -0.1) is 11.8 Å². The van der Waals surface area contributed by atoms with Crippen molar-refractivity contribution >= 4 is 23.4 Å². The molecule has 0 saturated heterocycles. The average Bonchev–Trinajstić information content (AvgIpc) is 2.34. The number of likely N-dealkylation sites (N-methyl/N-ethyl adjacent to an activating group) is 1. The van der Waals surface area contributed by atoms with E-state index in [2.05, 4.69) is 5.32 Å². The maximum Gasteiger partial charge on any atom is 0.320 e. The fourth-order valence-corrected chi connectivity index (χ4v) is 2.45. The number of hydrogen-bond acceptors (Lipinski definition) is 5. The van der Waals surface area contributed by atoms with Gasteiger partial charge in [0.05, 0.1) is 9.82 Å². The summed E-state index contributed by atoms with van der Waals surface area (Å²) >= 11 is 1.29. The van der Waals surface area contributed by atoms with Gasteiger partial charge in [0.15, 0.2) is 0 Å². The van der Waals surface area contributed by atoms with Crippen molar-refractivity contribution < 1.29 is 14.8 Å². The molecule has 0 saturated carbocycles. The molecule has 1 aromatic rings. The first kappa shape index (κ1) is 14.5. The van der Waals surface area contributed by atoms with Gasteiger partial charge in [-0.25, -0.2) is 0 Å². The number of nitrogens with zero attached hydrogens (tertiary/aromatic N) is 1. The fourth-order valence-electron chi connectivity index (χ4n) is 1.41. The van der Waals surface area contributed by atoms with Crippen molar-refractivity contribution in [3.63, 3.8) is 0 Å². The van der Waals surface area contributed by atoms with Gasteiger partial charge >= 0.3 is 5.97 Å². The zero-order chi connectivity index (χ0) is 13.5. The molecule has 6 nitrogen and oxygen atoms in total. The molecule has 0 aliphatic carbocycles. The van der Waals surface area contributed by atoms with Gasteiger partial charge in [-0.05, 0) is 19.5 Å². The second-order valence-electron chi connectivity index (χ2n) is 3.54. The summed E-state index contributed by atoms with van der Waals surface area (Å²) in [5, 5.41) is 22.3. The first-order chi connectivity index (χ1) is 8.56. The Kier molecular flexibility index (Phi) is 5.60. The number of rotatable bonds is 7. The Bertz CT molecular complexity index is 439. The molecule has 1 atom stereocenters. The number of nitro benzene ring substituents is 1. The number of nitro groups is 1. The minimum atomic E-state index is -0.916. The lowest BCUT2D eigenvalue weighted by molar-refractivity contribution is -0.387. The third kappa shape index (κ3) is 4.01. The van der Waals surface area contributed by atoms with Crippen molar-refractivity contribution in [2.45, 2.75) is 17.4 Å². The smallest absolute Gasteiger partial charge is 0.320 e. The first-order valence-corrected chi connectivity index (χ1v) is 6.31. The van der Waals surface area contributed by atoms with Crippen LogP contribution in [0.1, 0.15) is 6.42 Å². The Labute approximate surface area is 109 Å². The second-order valence-corrected chi connectivity index (χ2v) is 4.68. The molecule has 0 fully saturated rings. The molecule has 0 aliphatic rings. The highest BCUT2D eigenvalue weighted by molar-refractivity contribution is 7.99. The maximum atomic E-state index is 10.8. The zero-order valence-electron chi connectivity index (χ0n) is 9.83. The van der Waals surface area contributed by atoms with Gasteiger partial charge < -0.3 is 10.4 Å². The van der Waals surface area contributed by atoms with Gasteiger partial charge in [-0.1, -0.05) is 12.1 Å². The molecule has 98 valence electrons. The minimum absolute atomic E-state index is 0.0545. The number of thioether (sulfide) groups is 1. The van der Waals surface area contributed by atoms with Crippen molar-refractivity contribution in [1.29, 1.82) is 0 Å². The molecule has 1 unspecified atom stereocenters. The summed E-state index contributed by atoms with van der Waals surface area (Å²) in [6, 6.07) is 5.81. The minimum Gasteiger partial charge on any atom is -0.480 e. The largest absolute Gasteiger partial charge is 0.480 e. The van der Waals surface area contributed by atoms with Gasteiger partial charge in [-0.2, -0.15) is 0 Å². The monoisotopic (exact) mass is 270 g/mol. The summed E-state index contributed by atoms with van der Waals surface area (Å²) in [6.45, 7) is 0. The predicted octanol–water partition coefficient (Wildman–Crippen LogP) is 1.75. The Morgan fingerprint density at radius 3 is 2.78 bits per heavy atom. The van der Waals surface area contributed by atoms with E-state index in [4.69, 9.17) is 5.11 Å². The number of benzene rings is 1. The number of para-hydroxylation sites is 1. The van der Waals surface area contributed by atoms with Gasteiger partial charge in [0, 0.05) is 11.8 Å². The van der Waals surface area contributed by atoms with Crippen molar-refractivity contribution in [3.8, 4) is 0 Å². The lowest BCUT2D eigenvalue weighted by atomic mass is 10.2. The van der Waals surface area contributed by atoms with Crippen LogP contribution in [-0.4, -0.2) is 34.8 Å². The Hall–Kier alpha value is -1.60. The number of nitrogens with one attached hydrogen (secondary N) is 1. The van der Waals surface area contributed by atoms with Crippen LogP contribution in [0.5, 0.6) is 0 Å². The molecule has 1 aromatic carbocycles. The van der Waals surface area contributed by atoms with Crippen LogP contribution in [0.25, 0.3) is 0 Å². The molecule has 0 bridgehead atoms. The Morgan fingerprint density at radius 1 is 1.56 bits per heavy atom. The van der Waals surface area contributed by atoms with Crippen LogP contribution in [0.3, 0.4) is 0 Å². The van der Waals surface area contributed by atoms with Gasteiger partial charge in [-0.3, -0.25) is 14.9 Å². The fraction of sp³-hybridized carbons (Fsp3) is 0.364. The summed E-state index contributed by atoms with van der Waals surface area (Å²) in [5.41, 5.74) is 0.0545. The highest BCUT2D eigenvalue weighted by Crippen LogP contribution is 2.29. The van der Waals surface area contributed by atoms with Crippen LogP contribution in [0.4, 0.5) is 5.69 Å². The molecule has 0 spiro atoms. The van der Waals surface area contributed by atoms with Crippen molar-refractivity contribution in [2.24, 2.45) is 0 Å². The van der Waals surface area contributed by atoms with Crippen molar-refractivity contribution in [2.75, 3.05) is 12.8 Å². The SMILES string of the molecule is CNC(CCSc1ccccc1[N+](=O)[O-])C(=O)O. The van der Waals surface area contributed by atoms with Crippen LogP contribution in [0.15, 0.2) is 29.2 Å². The van der Waals surface area contributed by atoms with E-state index >= 15 is 0 Å². The molecule has 0 aromatic heterocycles. The molecular weight excluding hydrogens is 256 g/mol. The van der Waals surface area contributed by atoms with Gasteiger partial charge in [0.2, 0.25) is 0 Å². The van der Waals surface area contributed by atoms with E-state index in [-0.39, 0.29) is 5.69 Å². The van der Waals surface area contributed by atoms with E-state index < -0.39 is 16.9 Å². The number of carboxylic acids is 1. The van der Waals surface area contributed by atoms with Crippen LogP contribution < -0.4 is 5.32 Å². The van der Waals surface area contributed by atoms with Crippen molar-refractivity contribution in [3.05, 3.63) is 34.4 Å². The summed E-state index contributed by atoms with van der Waals surface area (Å²) < 4.78 is 0. The van der Waals surface area contributed by atoms with E-state index in [9.17, 15) is 14.9 Å². The van der Waals surface area contributed by atoms with Crippen molar-refractivity contribution in [1.82, 2.24) is 5.32 Å². The number of carboxylic acid groups (broad SMARTS) is 1. The number of aliphatic carboxylic acids is 1. The molecule has 7 heteroatoms. The molecule has 0 heterocycles. The molecule has 18 heavy (non-hydrogen) atoms. The van der Waals surface area contributed by atoms with E-state index in [1.165, 1.54) is 17.8 Å². The molecule has 0 amide bonds. The Balaban J connectivity index is 2.59. The van der Waals surface area contributed by atoms with Crippen LogP contribution >= 0.6 is 11.8 Å². The number of hydrogen-bond donors (Lipinski definition) is 2. The third-order valence-electron chi connectivity index (χ3n) is 2.37. The van der Waals surface area contributed by atoms with E-state index in [0.717, 1.165) is 0 Å². The van der Waals surface area contributed by atoms with E-state index in [0.29, 0.717) is 17.1 Å². The van der Waals surface area contributed by atoms with Crippen LogP contribution in [0, 0.1) is 10.1 Å². The first-order valence-electron chi connectivity index (χ1n) is 5.32. The zero-order valence-corrected chi connectivity index (χ0v) is 10.6. The molecule has 2 N–H and O–H groups in total. The van der Waals surface area contributed by atoms with Gasteiger partial charge in [0.1, 0.15) is 6.04 Å². The van der Waals surface area contributed by atoms with E-state index in [1.54, 1.807) is 25.2 Å².